The summed E-state index contributed by atoms with van der Waals surface area (Å²) in [4.78, 5) is 20.7. The number of non-ortho nitro benzene ring substituents is 1. The van der Waals surface area contributed by atoms with Crippen LogP contribution in [0.15, 0.2) is 24.3 Å². The Kier molecular flexibility index (Phi) is 5.44. The molecule has 0 fully saturated rings. The van der Waals surface area contributed by atoms with E-state index in [4.69, 9.17) is 0 Å². The van der Waals surface area contributed by atoms with Gasteiger partial charge in [-0.15, -0.1) is 0 Å². The molecule has 0 unspecified atom stereocenters. The Balaban J connectivity index is 2.57. The SMILES string of the molecule is COC(=O)CCCS(=O)(=O)Nc1ccc([N+](=O)[O-])cc1. The van der Waals surface area contributed by atoms with Gasteiger partial charge in [0.25, 0.3) is 5.69 Å². The molecule has 0 atom stereocenters. The minimum atomic E-state index is -3.60. The van der Waals surface area contributed by atoms with Crippen molar-refractivity contribution in [2.24, 2.45) is 0 Å². The Labute approximate surface area is 115 Å². The highest BCUT2D eigenvalue weighted by Gasteiger charge is 2.13. The molecule has 8 nitrogen and oxygen atoms in total. The average molecular weight is 302 g/mol. The summed E-state index contributed by atoms with van der Waals surface area (Å²) >= 11 is 0. The standard InChI is InChI=1S/C11H14N2O6S/c1-19-11(14)3-2-8-20(17,18)12-9-4-6-10(7-5-9)13(15)16/h4-7,12H,2-3,8H2,1H3. The van der Waals surface area contributed by atoms with Crippen molar-refractivity contribution in [1.82, 2.24) is 0 Å². The summed E-state index contributed by atoms with van der Waals surface area (Å²) in [5, 5.41) is 10.5. The van der Waals surface area contributed by atoms with E-state index in [0.29, 0.717) is 0 Å². The van der Waals surface area contributed by atoms with E-state index in [-0.39, 0.29) is 30.0 Å². The van der Waals surface area contributed by atoms with Gasteiger partial charge in [0.15, 0.2) is 0 Å². The Bertz CT molecular complexity index is 581. The molecule has 0 saturated carbocycles. The first-order valence-electron chi connectivity index (χ1n) is 5.66. The number of rotatable bonds is 7. The largest absolute Gasteiger partial charge is 0.469 e. The number of ether oxygens (including phenoxy) is 1. The molecule has 1 rings (SSSR count). The Hall–Kier alpha value is -2.16. The number of sulfonamides is 1. The molecule has 0 radical (unpaired) electrons. The van der Waals surface area contributed by atoms with Crippen molar-refractivity contribution >= 4 is 27.4 Å². The number of hydrogen-bond acceptors (Lipinski definition) is 6. The minimum absolute atomic E-state index is 0.0116. The number of esters is 1. The molecular formula is C11H14N2O6S. The number of carbonyl (C=O) groups excluding carboxylic acids is 1. The summed E-state index contributed by atoms with van der Waals surface area (Å²) in [6, 6.07) is 5.00. The fourth-order valence-corrected chi connectivity index (χ4v) is 2.51. The number of methoxy groups -OCH3 is 1. The molecular weight excluding hydrogens is 288 g/mol. The van der Waals surface area contributed by atoms with Crippen molar-refractivity contribution < 1.29 is 22.9 Å². The lowest BCUT2D eigenvalue weighted by Gasteiger charge is -2.07. The molecule has 110 valence electrons. The van der Waals surface area contributed by atoms with Crippen LogP contribution in [-0.4, -0.2) is 32.2 Å². The second kappa shape index (κ2) is 6.85. The van der Waals surface area contributed by atoms with Crippen molar-refractivity contribution in [2.75, 3.05) is 17.6 Å². The molecule has 1 aromatic carbocycles. The number of nitro groups is 1. The molecule has 0 bridgehead atoms. The number of nitrogens with zero attached hydrogens (tertiary/aromatic N) is 1. The summed E-state index contributed by atoms with van der Waals surface area (Å²) in [5.41, 5.74) is 0.104. The van der Waals surface area contributed by atoms with Gasteiger partial charge in [-0.25, -0.2) is 8.42 Å². The van der Waals surface area contributed by atoms with Gasteiger partial charge >= 0.3 is 5.97 Å². The van der Waals surface area contributed by atoms with Crippen LogP contribution in [0.3, 0.4) is 0 Å². The van der Waals surface area contributed by atoms with Gasteiger partial charge in [0, 0.05) is 24.2 Å². The highest BCUT2D eigenvalue weighted by Crippen LogP contribution is 2.16. The van der Waals surface area contributed by atoms with Crippen LogP contribution in [0.25, 0.3) is 0 Å². The average Bonchev–Trinajstić information content (AvgIpc) is 2.38. The van der Waals surface area contributed by atoms with Crippen LogP contribution < -0.4 is 4.72 Å². The third kappa shape index (κ3) is 5.22. The lowest BCUT2D eigenvalue weighted by atomic mass is 10.3. The molecule has 1 N–H and O–H groups in total. The van der Waals surface area contributed by atoms with Gasteiger partial charge in [-0.3, -0.25) is 19.6 Å². The van der Waals surface area contributed by atoms with Crippen molar-refractivity contribution in [3.05, 3.63) is 34.4 Å². The molecule has 0 aliphatic carbocycles. The third-order valence-electron chi connectivity index (χ3n) is 2.37. The summed E-state index contributed by atoms with van der Waals surface area (Å²) in [6.45, 7) is 0. The molecule has 9 heteroatoms. The zero-order valence-electron chi connectivity index (χ0n) is 10.7. The van der Waals surface area contributed by atoms with E-state index in [1.807, 2.05) is 0 Å². The van der Waals surface area contributed by atoms with Gasteiger partial charge in [0.2, 0.25) is 10.0 Å². The lowest BCUT2D eigenvalue weighted by Crippen LogP contribution is -2.17. The minimum Gasteiger partial charge on any atom is -0.469 e. The number of anilines is 1. The maximum Gasteiger partial charge on any atom is 0.305 e. The van der Waals surface area contributed by atoms with Crippen molar-refractivity contribution in [1.29, 1.82) is 0 Å². The monoisotopic (exact) mass is 302 g/mol. The molecule has 1 aromatic rings. The second-order valence-electron chi connectivity index (χ2n) is 3.90. The van der Waals surface area contributed by atoms with Crippen LogP contribution in [0.2, 0.25) is 0 Å². The maximum atomic E-state index is 11.7. The molecule has 0 saturated heterocycles. The summed E-state index contributed by atoms with van der Waals surface area (Å²) < 4.78 is 30.1. The van der Waals surface area contributed by atoms with Crippen molar-refractivity contribution in [3.63, 3.8) is 0 Å². The third-order valence-corrected chi connectivity index (χ3v) is 3.75. The van der Waals surface area contributed by atoms with E-state index in [1.54, 1.807) is 0 Å². The van der Waals surface area contributed by atoms with Gasteiger partial charge in [0.05, 0.1) is 17.8 Å². The zero-order valence-corrected chi connectivity index (χ0v) is 11.6. The predicted molar refractivity (Wildman–Crippen MR) is 71.8 cm³/mol. The summed E-state index contributed by atoms with van der Waals surface area (Å²) in [5.74, 6) is -0.713. The van der Waals surface area contributed by atoms with E-state index in [9.17, 15) is 23.3 Å². The van der Waals surface area contributed by atoms with Crippen LogP contribution in [0.4, 0.5) is 11.4 Å². The van der Waals surface area contributed by atoms with Crippen molar-refractivity contribution in [2.45, 2.75) is 12.8 Å². The molecule has 0 amide bonds. The number of benzene rings is 1. The number of carbonyl (C=O) groups is 1. The molecule has 0 aromatic heterocycles. The molecule has 0 spiro atoms. The predicted octanol–water partition coefficient (Wildman–Crippen LogP) is 1.29. The van der Waals surface area contributed by atoms with Crippen LogP contribution >= 0.6 is 0 Å². The van der Waals surface area contributed by atoms with Gasteiger partial charge in [-0.05, 0) is 18.6 Å². The summed E-state index contributed by atoms with van der Waals surface area (Å²) in [7, 11) is -2.37. The van der Waals surface area contributed by atoms with E-state index in [1.165, 1.54) is 31.4 Å². The van der Waals surface area contributed by atoms with Gasteiger partial charge in [0.1, 0.15) is 0 Å². The van der Waals surface area contributed by atoms with Crippen LogP contribution in [-0.2, 0) is 19.6 Å². The quantitative estimate of drug-likeness (QED) is 0.461. The number of nitrogens with one attached hydrogen (secondary N) is 1. The molecule has 0 heterocycles. The normalized spacial score (nSPS) is 10.8. The Morgan fingerprint density at radius 2 is 1.95 bits per heavy atom. The van der Waals surface area contributed by atoms with E-state index < -0.39 is 20.9 Å². The number of nitro benzene ring substituents is 1. The highest BCUT2D eigenvalue weighted by molar-refractivity contribution is 7.92. The Morgan fingerprint density at radius 1 is 1.35 bits per heavy atom. The first-order chi connectivity index (χ1) is 9.34. The molecule has 0 aliphatic heterocycles. The maximum absolute atomic E-state index is 11.7. The first-order valence-corrected chi connectivity index (χ1v) is 7.31. The van der Waals surface area contributed by atoms with Gasteiger partial charge < -0.3 is 4.74 Å². The topological polar surface area (TPSA) is 116 Å². The van der Waals surface area contributed by atoms with Crippen LogP contribution in [0.5, 0.6) is 0 Å². The highest BCUT2D eigenvalue weighted by atomic mass is 32.2. The first kappa shape index (κ1) is 15.9. The second-order valence-corrected chi connectivity index (χ2v) is 5.75. The number of hydrogen-bond donors (Lipinski definition) is 1. The van der Waals surface area contributed by atoms with Gasteiger partial charge in [-0.1, -0.05) is 0 Å². The van der Waals surface area contributed by atoms with E-state index >= 15 is 0 Å². The Morgan fingerprint density at radius 3 is 2.45 bits per heavy atom. The smallest absolute Gasteiger partial charge is 0.305 e. The lowest BCUT2D eigenvalue weighted by molar-refractivity contribution is -0.384. The zero-order chi connectivity index (χ0) is 15.2. The molecule has 20 heavy (non-hydrogen) atoms. The van der Waals surface area contributed by atoms with E-state index in [0.717, 1.165) is 0 Å². The fourth-order valence-electron chi connectivity index (χ4n) is 1.39. The van der Waals surface area contributed by atoms with Crippen LogP contribution in [0.1, 0.15) is 12.8 Å². The fraction of sp³-hybridized carbons (Fsp3) is 0.364. The van der Waals surface area contributed by atoms with E-state index in [2.05, 4.69) is 9.46 Å². The van der Waals surface area contributed by atoms with Gasteiger partial charge in [-0.2, -0.15) is 0 Å². The van der Waals surface area contributed by atoms with Crippen LogP contribution in [0, 0.1) is 10.1 Å². The summed E-state index contributed by atoms with van der Waals surface area (Å²) in [6.07, 6.45) is 0.145. The molecule has 0 aliphatic rings. The van der Waals surface area contributed by atoms with Crippen molar-refractivity contribution in [3.8, 4) is 0 Å².